The topological polar surface area (TPSA) is 87.4 Å². The fourth-order valence-electron chi connectivity index (χ4n) is 1.91. The van der Waals surface area contributed by atoms with Gasteiger partial charge in [0.1, 0.15) is 10.6 Å². The molecule has 0 aliphatic heterocycles. The molecule has 7 nitrogen and oxygen atoms in total. The van der Waals surface area contributed by atoms with Gasteiger partial charge >= 0.3 is 0 Å². The van der Waals surface area contributed by atoms with Gasteiger partial charge in [-0.15, -0.1) is 11.3 Å². The lowest BCUT2D eigenvalue weighted by Crippen LogP contribution is -2.35. The van der Waals surface area contributed by atoms with E-state index in [0.29, 0.717) is 11.8 Å². The molecular formula is C13H20N6OS. The van der Waals surface area contributed by atoms with Crippen LogP contribution in [-0.4, -0.2) is 48.5 Å². The third-order valence-electron chi connectivity index (χ3n) is 3.13. The third kappa shape index (κ3) is 3.22. The molecule has 114 valence electrons. The summed E-state index contributed by atoms with van der Waals surface area (Å²) in [5, 5.41) is 0.949. The van der Waals surface area contributed by atoms with Crippen LogP contribution < -0.4 is 16.2 Å². The summed E-state index contributed by atoms with van der Waals surface area (Å²) in [6, 6.07) is 2.08. The molecular weight excluding hydrogens is 288 g/mol. The zero-order valence-electron chi connectivity index (χ0n) is 12.7. The molecule has 0 fully saturated rings. The Labute approximate surface area is 127 Å². The van der Waals surface area contributed by atoms with Crippen molar-refractivity contribution in [3.8, 4) is 0 Å². The number of hydrogen-bond donors (Lipinski definition) is 2. The number of nitrogens with one attached hydrogen (secondary N) is 1. The fraction of sp³-hybridized carbons (Fsp3) is 0.462. The van der Waals surface area contributed by atoms with Crippen molar-refractivity contribution >= 4 is 39.2 Å². The molecule has 0 aromatic carbocycles. The molecule has 21 heavy (non-hydrogen) atoms. The van der Waals surface area contributed by atoms with Gasteiger partial charge in [0.05, 0.1) is 11.9 Å². The highest BCUT2D eigenvalue weighted by Crippen LogP contribution is 2.31. The van der Waals surface area contributed by atoms with E-state index < -0.39 is 0 Å². The van der Waals surface area contributed by atoms with Crippen molar-refractivity contribution in [3.63, 3.8) is 0 Å². The zero-order chi connectivity index (χ0) is 15.6. The molecule has 0 radical (unpaired) electrons. The number of fused-ring (bicyclic) bond motifs is 1. The van der Waals surface area contributed by atoms with Gasteiger partial charge in [0, 0.05) is 26.0 Å². The minimum absolute atomic E-state index is 0.0115. The number of amides is 1. The molecule has 0 aliphatic rings. The van der Waals surface area contributed by atoms with Crippen LogP contribution in [0.5, 0.6) is 0 Å². The summed E-state index contributed by atoms with van der Waals surface area (Å²) >= 11 is 1.61. The van der Waals surface area contributed by atoms with E-state index in [1.807, 2.05) is 11.9 Å². The number of carbonyl (C=O) groups is 1. The fourth-order valence-corrected chi connectivity index (χ4v) is 2.87. The predicted molar refractivity (Wildman–Crippen MR) is 86.6 cm³/mol. The first-order chi connectivity index (χ1) is 9.96. The average Bonchev–Trinajstić information content (AvgIpc) is 2.88. The summed E-state index contributed by atoms with van der Waals surface area (Å²) < 4.78 is 0. The molecule has 0 saturated carbocycles. The van der Waals surface area contributed by atoms with Crippen molar-refractivity contribution in [2.24, 2.45) is 5.84 Å². The molecule has 1 amide bonds. The Morgan fingerprint density at radius 2 is 2.10 bits per heavy atom. The van der Waals surface area contributed by atoms with E-state index in [1.54, 1.807) is 30.3 Å². The summed E-state index contributed by atoms with van der Waals surface area (Å²) in [7, 11) is 5.31. The molecule has 2 aromatic rings. The van der Waals surface area contributed by atoms with Gasteiger partial charge in [-0.1, -0.05) is 6.92 Å². The lowest BCUT2D eigenvalue weighted by atomic mass is 10.3. The van der Waals surface area contributed by atoms with Gasteiger partial charge in [-0.05, 0) is 12.5 Å². The largest absolute Gasteiger partial charge is 0.350 e. The van der Waals surface area contributed by atoms with Crippen LogP contribution in [0.3, 0.4) is 0 Å². The number of aromatic nitrogens is 2. The summed E-state index contributed by atoms with van der Waals surface area (Å²) in [5.41, 5.74) is 2.48. The van der Waals surface area contributed by atoms with E-state index in [4.69, 9.17) is 5.84 Å². The highest BCUT2D eigenvalue weighted by molar-refractivity contribution is 7.18. The predicted octanol–water partition coefficient (Wildman–Crippen LogP) is 1.06. The first-order valence-electron chi connectivity index (χ1n) is 6.64. The van der Waals surface area contributed by atoms with Gasteiger partial charge in [0.25, 0.3) is 0 Å². The minimum atomic E-state index is 0.0115. The quantitative estimate of drug-likeness (QED) is 0.634. The Kier molecular flexibility index (Phi) is 4.59. The van der Waals surface area contributed by atoms with Crippen LogP contribution in [0.15, 0.2) is 6.07 Å². The number of thiophene rings is 1. The molecule has 2 heterocycles. The molecule has 2 aromatic heterocycles. The summed E-state index contributed by atoms with van der Waals surface area (Å²) in [6.45, 7) is 2.35. The molecule has 0 bridgehead atoms. The molecule has 0 saturated heterocycles. The first kappa shape index (κ1) is 15.5. The van der Waals surface area contributed by atoms with E-state index in [1.165, 1.54) is 4.88 Å². The Hall–Kier alpha value is -1.93. The van der Waals surface area contributed by atoms with Crippen LogP contribution in [-0.2, 0) is 11.2 Å². The molecule has 0 spiro atoms. The monoisotopic (exact) mass is 308 g/mol. The van der Waals surface area contributed by atoms with Crippen molar-refractivity contribution in [2.45, 2.75) is 13.3 Å². The number of nitrogens with two attached hydrogens (primary N) is 1. The lowest BCUT2D eigenvalue weighted by molar-refractivity contribution is -0.127. The van der Waals surface area contributed by atoms with Gasteiger partial charge in [-0.2, -0.15) is 4.98 Å². The second-order valence-corrected chi connectivity index (χ2v) is 6.06. The van der Waals surface area contributed by atoms with Crippen molar-refractivity contribution in [2.75, 3.05) is 38.0 Å². The number of rotatable bonds is 5. The molecule has 8 heteroatoms. The minimum Gasteiger partial charge on any atom is -0.350 e. The molecule has 2 rings (SSSR count). The number of hydrazine groups is 1. The van der Waals surface area contributed by atoms with Crippen LogP contribution in [0.4, 0.5) is 11.8 Å². The van der Waals surface area contributed by atoms with Gasteiger partial charge in [-0.25, -0.2) is 10.8 Å². The number of carbonyl (C=O) groups excluding carboxylic acids is 1. The Balaban J connectivity index is 2.45. The summed E-state index contributed by atoms with van der Waals surface area (Å²) in [4.78, 5) is 26.1. The van der Waals surface area contributed by atoms with Crippen LogP contribution in [0.2, 0.25) is 0 Å². The lowest BCUT2D eigenvalue weighted by Gasteiger charge is -2.21. The molecule has 3 N–H and O–H groups in total. The summed E-state index contributed by atoms with van der Waals surface area (Å²) in [6.07, 6.45) is 0.937. The van der Waals surface area contributed by atoms with E-state index in [0.717, 1.165) is 16.6 Å². The van der Waals surface area contributed by atoms with Crippen molar-refractivity contribution < 1.29 is 4.79 Å². The second kappa shape index (κ2) is 6.23. The van der Waals surface area contributed by atoms with Crippen molar-refractivity contribution in [1.29, 1.82) is 0 Å². The highest BCUT2D eigenvalue weighted by Gasteiger charge is 2.17. The maximum Gasteiger partial charge on any atom is 0.241 e. The normalized spacial score (nSPS) is 10.7. The average molecular weight is 308 g/mol. The highest BCUT2D eigenvalue weighted by atomic mass is 32.1. The maximum absolute atomic E-state index is 11.9. The van der Waals surface area contributed by atoms with Crippen molar-refractivity contribution in [1.82, 2.24) is 14.9 Å². The van der Waals surface area contributed by atoms with Gasteiger partial charge in [-0.3, -0.25) is 10.2 Å². The van der Waals surface area contributed by atoms with Gasteiger partial charge < -0.3 is 9.80 Å². The number of nitrogen functional groups attached to an aromatic ring is 1. The van der Waals surface area contributed by atoms with Gasteiger partial charge in [0.2, 0.25) is 11.9 Å². The van der Waals surface area contributed by atoms with E-state index in [2.05, 4.69) is 28.4 Å². The third-order valence-corrected chi connectivity index (χ3v) is 4.31. The number of likely N-dealkylation sites (N-methyl/N-ethyl adjacent to an activating group) is 2. The van der Waals surface area contributed by atoms with Crippen molar-refractivity contribution in [3.05, 3.63) is 10.9 Å². The number of nitrogens with zero attached hydrogens (tertiary/aromatic N) is 4. The van der Waals surface area contributed by atoms with Gasteiger partial charge in [0.15, 0.2) is 0 Å². The number of aryl methyl sites for hydroxylation is 1. The van der Waals surface area contributed by atoms with Crippen LogP contribution in [0.1, 0.15) is 11.8 Å². The number of anilines is 2. The smallest absolute Gasteiger partial charge is 0.241 e. The van der Waals surface area contributed by atoms with Crippen LogP contribution >= 0.6 is 11.3 Å². The first-order valence-corrected chi connectivity index (χ1v) is 7.46. The maximum atomic E-state index is 11.9. The van der Waals surface area contributed by atoms with E-state index >= 15 is 0 Å². The molecule has 0 unspecified atom stereocenters. The standard InChI is InChI=1S/C13H20N6OS/c1-5-8-6-9-11(19(4)7-10(20)18(2)3)15-13(17-14)16-12(9)21-8/h6H,5,7,14H2,1-4H3,(H,15,16,17). The van der Waals surface area contributed by atoms with E-state index in [-0.39, 0.29) is 12.5 Å². The van der Waals surface area contributed by atoms with Crippen LogP contribution in [0, 0.1) is 0 Å². The SMILES string of the molecule is CCc1cc2c(N(C)CC(=O)N(C)C)nc(NN)nc2s1. The Bertz CT molecular complexity index is 653. The van der Waals surface area contributed by atoms with E-state index in [9.17, 15) is 4.79 Å². The molecule has 0 atom stereocenters. The Morgan fingerprint density at radius 3 is 2.67 bits per heavy atom. The summed E-state index contributed by atoms with van der Waals surface area (Å²) in [5.74, 6) is 6.51. The zero-order valence-corrected chi connectivity index (χ0v) is 13.5. The number of hydrogen-bond acceptors (Lipinski definition) is 7. The Morgan fingerprint density at radius 1 is 1.38 bits per heavy atom. The second-order valence-electron chi connectivity index (χ2n) is 4.94. The molecule has 0 aliphatic carbocycles. The van der Waals surface area contributed by atoms with Crippen LogP contribution in [0.25, 0.3) is 10.2 Å².